The molecule has 0 aliphatic carbocycles. The lowest BCUT2D eigenvalue weighted by atomic mass is 10.1. The van der Waals surface area contributed by atoms with Crippen molar-refractivity contribution in [2.75, 3.05) is 14.2 Å². The topological polar surface area (TPSA) is 24.5 Å². The molecule has 1 heterocycles. The van der Waals surface area contributed by atoms with Gasteiger partial charge < -0.3 is 15.0 Å². The lowest BCUT2D eigenvalue weighted by molar-refractivity contribution is 0.319. The molecule has 5 heteroatoms. The van der Waals surface area contributed by atoms with Gasteiger partial charge in [0.2, 0.25) is 0 Å². The van der Waals surface area contributed by atoms with E-state index in [-0.39, 0.29) is 0 Å². The maximum absolute atomic E-state index is 5.49. The molecule has 0 aliphatic heterocycles. The van der Waals surface area contributed by atoms with Crippen molar-refractivity contribution >= 4 is 28.7 Å². The van der Waals surface area contributed by atoms with Gasteiger partial charge in [-0.25, -0.2) is 0 Å². The second kappa shape index (κ2) is 8.15. The number of hydrogen-bond acceptors (Lipinski definition) is 3. The van der Waals surface area contributed by atoms with E-state index in [2.05, 4.69) is 46.8 Å². The Morgan fingerprint density at radius 2 is 2.05 bits per heavy atom. The molecule has 1 aromatic heterocycles. The van der Waals surface area contributed by atoms with E-state index in [9.17, 15) is 0 Å². The van der Waals surface area contributed by atoms with Crippen LogP contribution in [0.2, 0.25) is 0 Å². The molecular formula is C17H22N2OS2. The second-order valence-corrected chi connectivity index (χ2v) is 6.58. The smallest absolute Gasteiger partial charge is 0.169 e. The molecule has 2 rings (SSSR count). The van der Waals surface area contributed by atoms with Crippen LogP contribution in [0, 0.1) is 0 Å². The maximum Gasteiger partial charge on any atom is 0.169 e. The summed E-state index contributed by atoms with van der Waals surface area (Å²) in [6.07, 6.45) is 0.996. The number of hydrogen-bond donors (Lipinski definition) is 1. The van der Waals surface area contributed by atoms with E-state index >= 15 is 0 Å². The minimum atomic E-state index is 0.334. The Bertz CT molecular complexity index is 581. The molecule has 0 amide bonds. The van der Waals surface area contributed by atoms with E-state index in [1.807, 2.05) is 19.2 Å². The minimum absolute atomic E-state index is 0.334. The van der Waals surface area contributed by atoms with Crippen LogP contribution in [0.15, 0.2) is 41.8 Å². The summed E-state index contributed by atoms with van der Waals surface area (Å²) < 4.78 is 5.21. The molecule has 0 saturated heterocycles. The van der Waals surface area contributed by atoms with Crippen LogP contribution >= 0.6 is 23.6 Å². The summed E-state index contributed by atoms with van der Waals surface area (Å²) in [7, 11) is 3.56. The standard InChI is InChI=1S/C17H22N2OS2/c1-13(11-16-5-4-10-22-16)19(17(21)18-2)12-14-6-8-15(20-3)9-7-14/h4-10,13H,11-12H2,1-3H3,(H,18,21)/t13-/m0/s1. The lowest BCUT2D eigenvalue weighted by Crippen LogP contribution is -2.43. The summed E-state index contributed by atoms with van der Waals surface area (Å²) in [6, 6.07) is 12.7. The summed E-state index contributed by atoms with van der Waals surface area (Å²) in [6.45, 7) is 3.00. The van der Waals surface area contributed by atoms with E-state index < -0.39 is 0 Å². The van der Waals surface area contributed by atoms with Gasteiger partial charge in [-0.05, 0) is 48.3 Å². The van der Waals surface area contributed by atoms with E-state index in [4.69, 9.17) is 17.0 Å². The third-order valence-corrected chi connectivity index (χ3v) is 4.93. The molecule has 0 unspecified atom stereocenters. The lowest BCUT2D eigenvalue weighted by Gasteiger charge is -2.31. The van der Waals surface area contributed by atoms with Gasteiger partial charge in [-0.3, -0.25) is 0 Å². The van der Waals surface area contributed by atoms with Crippen molar-refractivity contribution in [3.05, 3.63) is 52.2 Å². The molecule has 118 valence electrons. The first-order chi connectivity index (χ1) is 10.6. The molecule has 0 fully saturated rings. The van der Waals surface area contributed by atoms with Crippen LogP contribution in [-0.4, -0.2) is 30.2 Å². The minimum Gasteiger partial charge on any atom is -0.497 e. The molecule has 0 bridgehead atoms. The molecule has 0 saturated carbocycles. The highest BCUT2D eigenvalue weighted by Gasteiger charge is 2.17. The number of thiophene rings is 1. The predicted octanol–water partition coefficient (Wildman–Crippen LogP) is 3.69. The van der Waals surface area contributed by atoms with Crippen LogP contribution in [0.25, 0.3) is 0 Å². The summed E-state index contributed by atoms with van der Waals surface area (Å²) in [5.74, 6) is 0.873. The Morgan fingerprint density at radius 3 is 2.59 bits per heavy atom. The van der Waals surface area contributed by atoms with Crippen molar-refractivity contribution in [1.29, 1.82) is 0 Å². The fourth-order valence-corrected chi connectivity index (χ4v) is 3.40. The van der Waals surface area contributed by atoms with Crippen LogP contribution in [-0.2, 0) is 13.0 Å². The van der Waals surface area contributed by atoms with Gasteiger partial charge >= 0.3 is 0 Å². The van der Waals surface area contributed by atoms with Gasteiger partial charge in [0.25, 0.3) is 0 Å². The highest BCUT2D eigenvalue weighted by atomic mass is 32.1. The van der Waals surface area contributed by atoms with Crippen LogP contribution in [0.1, 0.15) is 17.4 Å². The van der Waals surface area contributed by atoms with E-state index in [1.54, 1.807) is 18.4 Å². The second-order valence-electron chi connectivity index (χ2n) is 5.16. The summed E-state index contributed by atoms with van der Waals surface area (Å²) in [5, 5.41) is 6.00. The van der Waals surface area contributed by atoms with Crippen molar-refractivity contribution < 1.29 is 4.74 Å². The number of thiocarbonyl (C=S) groups is 1. The highest BCUT2D eigenvalue weighted by molar-refractivity contribution is 7.80. The van der Waals surface area contributed by atoms with Gasteiger partial charge in [0.1, 0.15) is 5.75 Å². The molecule has 0 radical (unpaired) electrons. The quantitative estimate of drug-likeness (QED) is 0.814. The predicted molar refractivity (Wildman–Crippen MR) is 97.7 cm³/mol. The molecule has 3 nitrogen and oxygen atoms in total. The maximum atomic E-state index is 5.49. The monoisotopic (exact) mass is 334 g/mol. The fourth-order valence-electron chi connectivity index (χ4n) is 2.33. The SMILES string of the molecule is CNC(=S)N(Cc1ccc(OC)cc1)[C@@H](C)Cc1cccs1. The van der Waals surface area contributed by atoms with E-state index in [1.165, 1.54) is 10.4 Å². The molecule has 22 heavy (non-hydrogen) atoms. The summed E-state index contributed by atoms with van der Waals surface area (Å²) in [5.41, 5.74) is 1.22. The number of benzene rings is 1. The van der Waals surface area contributed by atoms with Crippen LogP contribution in [0.4, 0.5) is 0 Å². The summed E-state index contributed by atoms with van der Waals surface area (Å²) in [4.78, 5) is 3.61. The van der Waals surface area contributed by atoms with Crippen LogP contribution < -0.4 is 10.1 Å². The summed E-state index contributed by atoms with van der Waals surface area (Å²) >= 11 is 7.28. The number of rotatable bonds is 6. The number of nitrogens with one attached hydrogen (secondary N) is 1. The van der Waals surface area contributed by atoms with Crippen molar-refractivity contribution in [2.24, 2.45) is 0 Å². The Kier molecular flexibility index (Phi) is 6.21. The van der Waals surface area contributed by atoms with Gasteiger partial charge in [-0.2, -0.15) is 0 Å². The first-order valence-electron chi connectivity index (χ1n) is 7.27. The van der Waals surface area contributed by atoms with Gasteiger partial charge in [-0.1, -0.05) is 18.2 Å². The van der Waals surface area contributed by atoms with Crippen molar-refractivity contribution in [3.63, 3.8) is 0 Å². The van der Waals surface area contributed by atoms with Gasteiger partial charge in [0.15, 0.2) is 5.11 Å². The van der Waals surface area contributed by atoms with Crippen molar-refractivity contribution in [2.45, 2.75) is 25.9 Å². The van der Waals surface area contributed by atoms with Crippen molar-refractivity contribution in [3.8, 4) is 5.75 Å². The zero-order chi connectivity index (χ0) is 15.9. The third-order valence-electron chi connectivity index (χ3n) is 3.60. The first kappa shape index (κ1) is 16.8. The first-order valence-corrected chi connectivity index (χ1v) is 8.56. The van der Waals surface area contributed by atoms with Gasteiger partial charge in [0, 0.05) is 30.9 Å². The largest absolute Gasteiger partial charge is 0.497 e. The molecule has 1 atom stereocenters. The van der Waals surface area contributed by atoms with Crippen molar-refractivity contribution in [1.82, 2.24) is 10.2 Å². The fraction of sp³-hybridized carbons (Fsp3) is 0.353. The zero-order valence-electron chi connectivity index (χ0n) is 13.2. The Morgan fingerprint density at radius 1 is 1.32 bits per heavy atom. The molecule has 1 N–H and O–H groups in total. The highest BCUT2D eigenvalue weighted by Crippen LogP contribution is 2.18. The normalized spacial score (nSPS) is 11.8. The average molecular weight is 335 g/mol. The molecular weight excluding hydrogens is 312 g/mol. The van der Waals surface area contributed by atoms with E-state index in [0.717, 1.165) is 23.8 Å². The van der Waals surface area contributed by atoms with Gasteiger partial charge in [-0.15, -0.1) is 11.3 Å². The average Bonchev–Trinajstić information content (AvgIpc) is 3.05. The Labute approximate surface area is 141 Å². The van der Waals surface area contributed by atoms with E-state index in [0.29, 0.717) is 6.04 Å². The number of ether oxygens (including phenoxy) is 1. The van der Waals surface area contributed by atoms with Crippen LogP contribution in [0.5, 0.6) is 5.75 Å². The molecule has 1 aromatic carbocycles. The Balaban J connectivity index is 2.09. The molecule has 0 aliphatic rings. The zero-order valence-corrected chi connectivity index (χ0v) is 14.8. The molecule has 2 aromatic rings. The number of methoxy groups -OCH3 is 1. The number of nitrogens with zero attached hydrogens (tertiary/aromatic N) is 1. The third kappa shape index (κ3) is 4.45. The van der Waals surface area contributed by atoms with Gasteiger partial charge in [0.05, 0.1) is 7.11 Å². The Hall–Kier alpha value is -1.59. The molecule has 0 spiro atoms. The van der Waals surface area contributed by atoms with Crippen LogP contribution in [0.3, 0.4) is 0 Å².